The molecule has 0 amide bonds. The van der Waals surface area contributed by atoms with Crippen LogP contribution in [0, 0.1) is 6.92 Å². The molecule has 156 valence electrons. The van der Waals surface area contributed by atoms with Crippen LogP contribution >= 0.6 is 0 Å². The zero-order valence-corrected chi connectivity index (χ0v) is 21.7. The Kier molecular flexibility index (Phi) is 14.5. The molecular weight excluding hydrogens is 463 g/mol. The molecule has 5 heteroatoms. The van der Waals surface area contributed by atoms with Crippen molar-refractivity contribution in [3.8, 4) is 0 Å². The van der Waals surface area contributed by atoms with Crippen molar-refractivity contribution in [2.45, 2.75) is 91.3 Å². The second-order valence-corrected chi connectivity index (χ2v) is 21.8. The summed E-state index contributed by atoms with van der Waals surface area (Å²) in [5.74, 6) is 0. The molecule has 0 saturated carbocycles. The van der Waals surface area contributed by atoms with Gasteiger partial charge in [-0.1, -0.05) is 18.2 Å². The first-order valence-electron chi connectivity index (χ1n) is 10.4. The minimum atomic E-state index is -4.03. The average Bonchev–Trinajstić information content (AvgIpc) is 2.63. The van der Waals surface area contributed by atoms with E-state index >= 15 is 0 Å². The van der Waals surface area contributed by atoms with Crippen LogP contribution in [0.25, 0.3) is 0 Å². The van der Waals surface area contributed by atoms with E-state index in [-0.39, 0.29) is 4.90 Å². The van der Waals surface area contributed by atoms with E-state index in [0.29, 0.717) is 5.56 Å². The Bertz CT molecular complexity index is 617. The number of rotatable bonds is 11. The second-order valence-electron chi connectivity index (χ2n) is 7.41. The zero-order chi connectivity index (χ0) is 20.8. The molecule has 0 bridgehead atoms. The summed E-state index contributed by atoms with van der Waals surface area (Å²) in [5.41, 5.74) is 0.551. The van der Waals surface area contributed by atoms with Crippen molar-refractivity contribution < 1.29 is 13.0 Å². The maximum atomic E-state index is 10.6. The van der Waals surface area contributed by atoms with Gasteiger partial charge in [0.25, 0.3) is 10.1 Å². The summed E-state index contributed by atoms with van der Waals surface area (Å²) >= 11 is -1.84. The van der Waals surface area contributed by atoms with Gasteiger partial charge >= 0.3 is 108 Å². The molecule has 27 heavy (non-hydrogen) atoms. The van der Waals surface area contributed by atoms with Crippen molar-refractivity contribution in [1.29, 1.82) is 0 Å². The molecule has 0 saturated heterocycles. The molecule has 3 nitrogen and oxygen atoms in total. The van der Waals surface area contributed by atoms with Gasteiger partial charge in [0.2, 0.25) is 0 Å². The van der Waals surface area contributed by atoms with Gasteiger partial charge in [0, 0.05) is 0 Å². The number of benzene rings is 1. The fourth-order valence-corrected chi connectivity index (χ4v) is 18.8. The van der Waals surface area contributed by atoms with E-state index in [4.69, 9.17) is 4.55 Å². The van der Waals surface area contributed by atoms with Crippen molar-refractivity contribution in [2.75, 3.05) is 0 Å². The van der Waals surface area contributed by atoms with Crippen LogP contribution in [0.3, 0.4) is 0 Å². The van der Waals surface area contributed by atoms with Crippen LogP contribution in [0.5, 0.6) is 0 Å². The number of hydrogen-bond donors (Lipinski definition) is 1. The van der Waals surface area contributed by atoms with Gasteiger partial charge in [0.1, 0.15) is 0 Å². The van der Waals surface area contributed by atoms with E-state index in [1.165, 1.54) is 44.6 Å². The summed E-state index contributed by atoms with van der Waals surface area (Å²) in [7, 11) is -4.03. The first kappa shape index (κ1) is 26.7. The third-order valence-corrected chi connectivity index (χ3v) is 20.5. The molecule has 1 rings (SSSR count). The first-order valence-corrected chi connectivity index (χ1v) is 19.6. The molecule has 0 aliphatic heterocycles. The normalized spacial score (nSPS) is 12.1. The van der Waals surface area contributed by atoms with Crippen LogP contribution in [-0.2, 0) is 10.1 Å². The van der Waals surface area contributed by atoms with Crippen molar-refractivity contribution in [3.05, 3.63) is 40.0 Å². The predicted molar refractivity (Wildman–Crippen MR) is 121 cm³/mol. The van der Waals surface area contributed by atoms with Gasteiger partial charge in [-0.05, 0) is 18.6 Å². The maximum Gasteiger partial charge on any atom is 0.294 e. The Balaban J connectivity index is 0.000000533. The summed E-state index contributed by atoms with van der Waals surface area (Å²) in [6, 6.07) is 6.27. The molecule has 0 radical (unpaired) electrons. The van der Waals surface area contributed by atoms with Crippen molar-refractivity contribution in [1.82, 2.24) is 0 Å². The zero-order valence-electron chi connectivity index (χ0n) is 18.0. The van der Waals surface area contributed by atoms with Gasteiger partial charge in [0.15, 0.2) is 0 Å². The van der Waals surface area contributed by atoms with Gasteiger partial charge in [-0.15, -0.1) is 0 Å². The Morgan fingerprint density at radius 1 is 0.926 bits per heavy atom. The third-order valence-electron chi connectivity index (χ3n) is 4.98. The predicted octanol–water partition coefficient (Wildman–Crippen LogP) is 7.19. The molecular formula is C22H40O3SSn. The first-order chi connectivity index (χ1) is 12.8. The molecule has 1 aromatic rings. The van der Waals surface area contributed by atoms with E-state index in [1.54, 1.807) is 38.4 Å². The summed E-state index contributed by atoms with van der Waals surface area (Å²) in [6.45, 7) is 10.9. The van der Waals surface area contributed by atoms with E-state index in [9.17, 15) is 8.42 Å². The van der Waals surface area contributed by atoms with Crippen LogP contribution in [0.1, 0.15) is 71.8 Å². The van der Waals surface area contributed by atoms with Gasteiger partial charge < -0.3 is 0 Å². The third kappa shape index (κ3) is 11.3. The number of aryl methyl sites for hydroxylation is 1. The second kappa shape index (κ2) is 14.6. The minimum absolute atomic E-state index is 0.0278. The molecule has 0 aliphatic rings. The SMILES string of the molecule is C/C=[CH]/[Sn]([CH2]CCC)([CH2]CCC)[CH2]CCC.Cc1ccccc1S(=O)(=O)O. The Hall–Kier alpha value is -0.331. The maximum absolute atomic E-state index is 10.6. The fraction of sp³-hybridized carbons (Fsp3) is 0.636. The molecule has 1 aromatic carbocycles. The molecule has 1 N–H and O–H groups in total. The van der Waals surface area contributed by atoms with Crippen LogP contribution in [-0.4, -0.2) is 31.3 Å². The minimum Gasteiger partial charge on any atom is -0.282 e. The van der Waals surface area contributed by atoms with Gasteiger partial charge in [0.05, 0.1) is 4.90 Å². The summed E-state index contributed by atoms with van der Waals surface area (Å²) in [6.07, 6.45) is 11.0. The van der Waals surface area contributed by atoms with Crippen molar-refractivity contribution >= 4 is 28.5 Å². The topological polar surface area (TPSA) is 54.4 Å². The van der Waals surface area contributed by atoms with Crippen molar-refractivity contribution in [2.24, 2.45) is 0 Å². The number of unbranched alkanes of at least 4 members (excludes halogenated alkanes) is 3. The Morgan fingerprint density at radius 2 is 1.37 bits per heavy atom. The van der Waals surface area contributed by atoms with E-state index in [0.717, 1.165) is 0 Å². The largest absolute Gasteiger partial charge is 0.294 e. The van der Waals surface area contributed by atoms with Crippen LogP contribution < -0.4 is 0 Å². The Morgan fingerprint density at radius 3 is 1.67 bits per heavy atom. The van der Waals surface area contributed by atoms with Gasteiger partial charge in [-0.3, -0.25) is 4.55 Å². The Labute approximate surface area is 172 Å². The summed E-state index contributed by atoms with van der Waals surface area (Å²) < 4.78 is 37.4. The molecule has 0 unspecified atom stereocenters. The van der Waals surface area contributed by atoms with Crippen LogP contribution in [0.4, 0.5) is 0 Å². The van der Waals surface area contributed by atoms with E-state index in [2.05, 4.69) is 37.9 Å². The number of allylic oxidation sites excluding steroid dienone is 1. The number of hydrogen-bond acceptors (Lipinski definition) is 2. The van der Waals surface area contributed by atoms with Crippen molar-refractivity contribution in [3.63, 3.8) is 0 Å². The quantitative estimate of drug-likeness (QED) is 0.257. The molecule has 0 fully saturated rings. The van der Waals surface area contributed by atoms with E-state index in [1.807, 2.05) is 0 Å². The van der Waals surface area contributed by atoms with Gasteiger partial charge in [-0.25, -0.2) is 0 Å². The van der Waals surface area contributed by atoms with Crippen LogP contribution in [0.2, 0.25) is 13.3 Å². The molecule has 0 heterocycles. The standard InChI is InChI=1S/C7H8O3S.3C4H9.C3H5.Sn/c1-6-4-2-3-5-7(6)11(8,9)10;3*1-3-4-2;1-3-2;/h2-5H,1H3,(H,8,9,10);3*1,3-4H2,2H3;1,3H,2H3;. The monoisotopic (exact) mass is 504 g/mol. The summed E-state index contributed by atoms with van der Waals surface area (Å²) in [5, 5.41) is 0. The summed E-state index contributed by atoms with van der Waals surface area (Å²) in [4.78, 5) is -0.0278. The molecule has 0 spiro atoms. The molecule has 0 aliphatic carbocycles. The van der Waals surface area contributed by atoms with Crippen LogP contribution in [0.15, 0.2) is 39.3 Å². The molecule has 0 atom stereocenters. The molecule has 0 aromatic heterocycles. The fourth-order valence-electron chi connectivity index (χ4n) is 3.41. The smallest absolute Gasteiger partial charge is 0.282 e. The van der Waals surface area contributed by atoms with E-state index < -0.39 is 28.5 Å². The average molecular weight is 503 g/mol. The van der Waals surface area contributed by atoms with Gasteiger partial charge in [-0.2, -0.15) is 8.42 Å².